The number of carbonyl (C=O) groups excluding carboxylic acids is 2. The van der Waals surface area contributed by atoms with Crippen LogP contribution in [0.2, 0.25) is 0 Å². The van der Waals surface area contributed by atoms with Crippen LogP contribution in [0.25, 0.3) is 5.76 Å². The minimum atomic E-state index is -0.768. The third-order valence-electron chi connectivity index (χ3n) is 6.28. The Labute approximate surface area is 219 Å². The molecular formula is C29H38N2O6. The summed E-state index contributed by atoms with van der Waals surface area (Å²) < 4.78 is 17.0. The van der Waals surface area contributed by atoms with Gasteiger partial charge in [0.05, 0.1) is 31.9 Å². The fourth-order valence-corrected chi connectivity index (χ4v) is 4.29. The van der Waals surface area contributed by atoms with E-state index in [0.29, 0.717) is 54.7 Å². The van der Waals surface area contributed by atoms with E-state index in [1.807, 2.05) is 38.1 Å². The van der Waals surface area contributed by atoms with Crippen molar-refractivity contribution in [3.8, 4) is 17.2 Å². The quantitative estimate of drug-likeness (QED) is 0.182. The van der Waals surface area contributed by atoms with E-state index in [1.54, 1.807) is 37.4 Å². The lowest BCUT2D eigenvalue weighted by atomic mass is 9.95. The molecule has 0 bridgehead atoms. The summed E-state index contributed by atoms with van der Waals surface area (Å²) in [6.07, 6.45) is 3.12. The van der Waals surface area contributed by atoms with E-state index in [9.17, 15) is 14.7 Å². The number of ether oxygens (including phenoxy) is 3. The van der Waals surface area contributed by atoms with Gasteiger partial charge >= 0.3 is 0 Å². The molecule has 2 aromatic rings. The zero-order chi connectivity index (χ0) is 26.9. The van der Waals surface area contributed by atoms with E-state index in [1.165, 1.54) is 4.90 Å². The maximum absolute atomic E-state index is 13.3. The van der Waals surface area contributed by atoms with Gasteiger partial charge in [0, 0.05) is 18.7 Å². The fourth-order valence-electron chi connectivity index (χ4n) is 4.29. The summed E-state index contributed by atoms with van der Waals surface area (Å²) in [5.74, 6) is 0.197. The number of likely N-dealkylation sites (tertiary alicyclic amines) is 1. The number of methoxy groups -OCH3 is 1. The Morgan fingerprint density at radius 1 is 1.00 bits per heavy atom. The molecule has 1 amide bonds. The molecule has 1 fully saturated rings. The normalized spacial score (nSPS) is 16.9. The predicted octanol–water partition coefficient (Wildman–Crippen LogP) is 4.65. The summed E-state index contributed by atoms with van der Waals surface area (Å²) in [5, 5.41) is 11.3. The SMILES string of the molecule is CCCCCOc1ccc(C2C(=C(O)c3ccc(OC)cc3)C(=O)C(=O)N2CCN(C)C)cc1OCC. The number of rotatable bonds is 13. The van der Waals surface area contributed by atoms with Crippen LogP contribution in [0.5, 0.6) is 17.2 Å². The first kappa shape index (κ1) is 28.1. The van der Waals surface area contributed by atoms with E-state index < -0.39 is 17.7 Å². The van der Waals surface area contributed by atoms with Crippen molar-refractivity contribution in [3.63, 3.8) is 0 Å². The van der Waals surface area contributed by atoms with Gasteiger partial charge in [0.2, 0.25) is 0 Å². The molecule has 0 aromatic heterocycles. The summed E-state index contributed by atoms with van der Waals surface area (Å²) in [4.78, 5) is 29.9. The van der Waals surface area contributed by atoms with Gasteiger partial charge in [-0.05, 0) is 69.4 Å². The van der Waals surface area contributed by atoms with Gasteiger partial charge in [0.1, 0.15) is 11.5 Å². The van der Waals surface area contributed by atoms with Crippen molar-refractivity contribution in [2.75, 3.05) is 47.5 Å². The number of benzene rings is 2. The molecule has 1 saturated heterocycles. The Bertz CT molecular complexity index is 1110. The van der Waals surface area contributed by atoms with E-state index in [2.05, 4.69) is 6.92 Å². The highest BCUT2D eigenvalue weighted by Gasteiger charge is 2.46. The van der Waals surface area contributed by atoms with Crippen LogP contribution in [0.1, 0.15) is 50.3 Å². The van der Waals surface area contributed by atoms with Crippen molar-refractivity contribution in [2.24, 2.45) is 0 Å². The van der Waals surface area contributed by atoms with Crippen LogP contribution in [0.4, 0.5) is 0 Å². The molecule has 200 valence electrons. The van der Waals surface area contributed by atoms with Gasteiger partial charge in [-0.2, -0.15) is 0 Å². The molecule has 1 atom stereocenters. The fraction of sp³-hybridized carbons (Fsp3) is 0.448. The van der Waals surface area contributed by atoms with Crippen LogP contribution in [0.15, 0.2) is 48.0 Å². The van der Waals surface area contributed by atoms with E-state index in [0.717, 1.165) is 19.3 Å². The van der Waals surface area contributed by atoms with Crippen molar-refractivity contribution in [1.82, 2.24) is 9.80 Å². The predicted molar refractivity (Wildman–Crippen MR) is 143 cm³/mol. The van der Waals surface area contributed by atoms with Gasteiger partial charge < -0.3 is 29.1 Å². The number of Topliss-reactive ketones (excluding diaryl/α,β-unsaturated/α-hetero) is 1. The average Bonchev–Trinajstić information content (AvgIpc) is 3.15. The van der Waals surface area contributed by atoms with E-state index in [4.69, 9.17) is 14.2 Å². The maximum Gasteiger partial charge on any atom is 0.295 e. The molecule has 1 aliphatic rings. The van der Waals surface area contributed by atoms with Crippen LogP contribution in [0, 0.1) is 0 Å². The Morgan fingerprint density at radius 2 is 1.73 bits per heavy atom. The monoisotopic (exact) mass is 510 g/mol. The second-order valence-electron chi connectivity index (χ2n) is 9.22. The minimum Gasteiger partial charge on any atom is -0.507 e. The third kappa shape index (κ3) is 6.63. The molecule has 8 nitrogen and oxygen atoms in total. The van der Waals surface area contributed by atoms with Crippen molar-refractivity contribution < 1.29 is 28.9 Å². The van der Waals surface area contributed by atoms with E-state index in [-0.39, 0.29) is 11.3 Å². The average molecular weight is 511 g/mol. The van der Waals surface area contributed by atoms with Gasteiger partial charge in [-0.3, -0.25) is 9.59 Å². The molecule has 1 unspecified atom stereocenters. The van der Waals surface area contributed by atoms with Crippen molar-refractivity contribution >= 4 is 17.4 Å². The summed E-state index contributed by atoms with van der Waals surface area (Å²) in [6.45, 7) is 5.91. The van der Waals surface area contributed by atoms with Gasteiger partial charge in [-0.1, -0.05) is 25.8 Å². The van der Waals surface area contributed by atoms with Crippen LogP contribution in [-0.2, 0) is 9.59 Å². The third-order valence-corrected chi connectivity index (χ3v) is 6.28. The van der Waals surface area contributed by atoms with E-state index >= 15 is 0 Å². The standard InChI is InChI=1S/C29H38N2O6/c1-6-8-9-18-37-23-15-12-21(19-24(23)36-7-2)26-25(27(32)20-10-13-22(35-5)14-11-20)28(33)29(34)31(26)17-16-30(3)4/h10-15,19,26,32H,6-9,16-18H2,1-5H3. The van der Waals surface area contributed by atoms with Gasteiger partial charge in [0.15, 0.2) is 11.5 Å². The van der Waals surface area contributed by atoms with Crippen molar-refractivity contribution in [3.05, 3.63) is 59.2 Å². The van der Waals surface area contributed by atoms with Crippen LogP contribution in [-0.4, -0.2) is 74.1 Å². The molecule has 0 aliphatic carbocycles. The number of unbranched alkanes of at least 4 members (excludes halogenated alkanes) is 2. The number of aliphatic hydroxyl groups is 1. The number of hydrogen-bond donors (Lipinski definition) is 1. The Hall–Kier alpha value is -3.52. The first-order chi connectivity index (χ1) is 17.8. The molecular weight excluding hydrogens is 472 g/mol. The van der Waals surface area contributed by atoms with Crippen molar-refractivity contribution in [1.29, 1.82) is 0 Å². The number of aliphatic hydroxyl groups excluding tert-OH is 1. The number of likely N-dealkylation sites (N-methyl/N-ethyl adjacent to an activating group) is 1. The smallest absolute Gasteiger partial charge is 0.295 e. The first-order valence-corrected chi connectivity index (χ1v) is 12.8. The zero-order valence-electron chi connectivity index (χ0n) is 22.5. The van der Waals surface area contributed by atoms with Crippen LogP contribution < -0.4 is 14.2 Å². The van der Waals surface area contributed by atoms with Crippen LogP contribution >= 0.6 is 0 Å². The van der Waals surface area contributed by atoms with Crippen LogP contribution in [0.3, 0.4) is 0 Å². The summed E-state index contributed by atoms with van der Waals surface area (Å²) in [5.41, 5.74) is 1.14. The number of ketones is 1. The molecule has 1 N–H and O–H groups in total. The maximum atomic E-state index is 13.3. The molecule has 2 aromatic carbocycles. The molecule has 0 saturated carbocycles. The van der Waals surface area contributed by atoms with Gasteiger partial charge in [0.25, 0.3) is 11.7 Å². The van der Waals surface area contributed by atoms with Crippen molar-refractivity contribution in [2.45, 2.75) is 39.2 Å². The Morgan fingerprint density at radius 3 is 2.35 bits per heavy atom. The molecule has 1 aliphatic heterocycles. The lowest BCUT2D eigenvalue weighted by molar-refractivity contribution is -0.140. The lowest BCUT2D eigenvalue weighted by Crippen LogP contribution is -2.35. The topological polar surface area (TPSA) is 88.5 Å². The summed E-state index contributed by atoms with van der Waals surface area (Å²) in [7, 11) is 5.36. The molecule has 0 radical (unpaired) electrons. The number of amides is 1. The highest BCUT2D eigenvalue weighted by molar-refractivity contribution is 6.46. The zero-order valence-corrected chi connectivity index (χ0v) is 22.5. The second-order valence-corrected chi connectivity index (χ2v) is 9.22. The molecule has 1 heterocycles. The summed E-state index contributed by atoms with van der Waals surface area (Å²) in [6, 6.07) is 11.4. The highest BCUT2D eigenvalue weighted by Crippen LogP contribution is 2.42. The largest absolute Gasteiger partial charge is 0.507 e. The molecule has 3 rings (SSSR count). The molecule has 0 spiro atoms. The Balaban J connectivity index is 2.08. The number of carbonyl (C=O) groups is 2. The summed E-state index contributed by atoms with van der Waals surface area (Å²) >= 11 is 0. The molecule has 37 heavy (non-hydrogen) atoms. The Kier molecular flexibility index (Phi) is 9.97. The number of nitrogens with zero attached hydrogens (tertiary/aromatic N) is 2. The van der Waals surface area contributed by atoms with Gasteiger partial charge in [-0.15, -0.1) is 0 Å². The van der Waals surface area contributed by atoms with Gasteiger partial charge in [-0.25, -0.2) is 0 Å². The minimum absolute atomic E-state index is 0.0491. The first-order valence-electron chi connectivity index (χ1n) is 12.8. The second kappa shape index (κ2) is 13.1. The number of hydrogen-bond acceptors (Lipinski definition) is 7. The molecule has 8 heteroatoms. The highest BCUT2D eigenvalue weighted by atomic mass is 16.5. The lowest BCUT2D eigenvalue weighted by Gasteiger charge is -2.27.